The van der Waals surface area contributed by atoms with Crippen molar-refractivity contribution in [1.82, 2.24) is 0 Å². The highest BCUT2D eigenvalue weighted by atomic mass is 16.4. The molecule has 0 aliphatic rings. The van der Waals surface area contributed by atoms with Gasteiger partial charge in [-0.3, -0.25) is 0 Å². The molecule has 0 saturated heterocycles. The molecule has 4 rings (SSSR count). The van der Waals surface area contributed by atoms with Gasteiger partial charge < -0.3 is 5.11 Å². The van der Waals surface area contributed by atoms with Gasteiger partial charge in [-0.15, -0.1) is 0 Å². The highest BCUT2D eigenvalue weighted by Crippen LogP contribution is 2.28. The Morgan fingerprint density at radius 3 is 1.73 bits per heavy atom. The van der Waals surface area contributed by atoms with E-state index >= 15 is 0 Å². The van der Waals surface area contributed by atoms with Gasteiger partial charge in [0.2, 0.25) is 0 Å². The molecule has 0 radical (unpaired) electrons. The molecule has 2 heteroatoms. The van der Waals surface area contributed by atoms with E-state index in [0.29, 0.717) is 5.56 Å². The lowest BCUT2D eigenvalue weighted by molar-refractivity contribution is 0.0696. The molecular weight excluding hydrogens is 404 g/mol. The maximum atomic E-state index is 10.5. The van der Waals surface area contributed by atoms with E-state index in [0.717, 1.165) is 11.1 Å². The van der Waals surface area contributed by atoms with Crippen LogP contribution in [0, 0.1) is 27.7 Å². The molecule has 0 heterocycles. The predicted octanol–water partition coefficient (Wildman–Crippen LogP) is 8.97. The monoisotopic (exact) mass is 440 g/mol. The molecule has 1 N–H and O–H groups in total. The van der Waals surface area contributed by atoms with Crippen molar-refractivity contribution in [2.24, 2.45) is 0 Å². The first kappa shape index (κ1) is 25.9. The molecule has 2 nitrogen and oxygen atoms in total. The van der Waals surface area contributed by atoms with Crippen LogP contribution >= 0.6 is 0 Å². The van der Waals surface area contributed by atoms with E-state index in [-0.39, 0.29) is 0 Å². The minimum absolute atomic E-state index is 0.363. The second-order valence-corrected chi connectivity index (χ2v) is 9.15. The van der Waals surface area contributed by atoms with Gasteiger partial charge in [0.25, 0.3) is 0 Å². The van der Waals surface area contributed by atoms with Crippen molar-refractivity contribution in [1.29, 1.82) is 0 Å². The molecule has 4 aromatic rings. The molecule has 4 aromatic carbocycles. The van der Waals surface area contributed by atoms with Crippen LogP contribution in [0.2, 0.25) is 0 Å². The van der Waals surface area contributed by atoms with Crippen LogP contribution in [0.5, 0.6) is 0 Å². The van der Waals surface area contributed by atoms with Crippen LogP contribution in [0.15, 0.2) is 77.9 Å². The molecule has 0 bridgehead atoms. The Labute approximate surface area is 198 Å². The molecule has 33 heavy (non-hydrogen) atoms. The molecule has 0 unspecified atom stereocenters. The molecule has 0 aromatic heterocycles. The van der Waals surface area contributed by atoms with E-state index < -0.39 is 5.97 Å². The first-order valence-electron chi connectivity index (χ1n) is 11.3. The van der Waals surface area contributed by atoms with Crippen molar-refractivity contribution in [2.45, 2.75) is 55.4 Å². The average molecular weight is 441 g/mol. The summed E-state index contributed by atoms with van der Waals surface area (Å²) in [4.78, 5) is 10.5. The first-order valence-corrected chi connectivity index (χ1v) is 11.3. The Morgan fingerprint density at radius 1 is 0.606 bits per heavy atom. The zero-order valence-electron chi connectivity index (χ0n) is 21.2. The van der Waals surface area contributed by atoms with Crippen molar-refractivity contribution in [3.05, 3.63) is 106 Å². The van der Waals surface area contributed by atoms with Gasteiger partial charge in [0.05, 0.1) is 5.56 Å². The van der Waals surface area contributed by atoms with E-state index in [9.17, 15) is 4.79 Å². The standard InChI is InChI=1S/C16H14.C9H10O2.C6H12/c1-11-7-8-15-14-6-4-3-5-13(14)10-12(2)16(15)9-11;1-6-3-7(2)5-8(4-6)9(10)11;1-5(2)6(3)4/h3-10H,1-2H3;3-5H,1-2H3,(H,10,11);1-4H3. The topological polar surface area (TPSA) is 37.3 Å². The van der Waals surface area contributed by atoms with Crippen LogP contribution in [-0.2, 0) is 0 Å². The van der Waals surface area contributed by atoms with Gasteiger partial charge in [0, 0.05) is 0 Å². The van der Waals surface area contributed by atoms with E-state index in [4.69, 9.17) is 5.11 Å². The van der Waals surface area contributed by atoms with Crippen molar-refractivity contribution in [2.75, 3.05) is 0 Å². The number of carboxylic acid groups (broad SMARTS) is 1. The fraction of sp³-hybridized carbons (Fsp3) is 0.258. The highest BCUT2D eigenvalue weighted by molar-refractivity contribution is 6.09. The average Bonchev–Trinajstić information content (AvgIpc) is 2.74. The fourth-order valence-electron chi connectivity index (χ4n) is 3.50. The van der Waals surface area contributed by atoms with Crippen LogP contribution in [0.3, 0.4) is 0 Å². The van der Waals surface area contributed by atoms with Crippen LogP contribution in [0.1, 0.15) is 60.3 Å². The maximum Gasteiger partial charge on any atom is 0.335 e. The Kier molecular flexibility index (Phi) is 8.99. The van der Waals surface area contributed by atoms with Crippen molar-refractivity contribution in [3.8, 4) is 0 Å². The number of benzene rings is 4. The molecule has 0 aliphatic heterocycles. The van der Waals surface area contributed by atoms with Gasteiger partial charge in [0.15, 0.2) is 0 Å². The van der Waals surface area contributed by atoms with Crippen LogP contribution in [0.25, 0.3) is 21.5 Å². The van der Waals surface area contributed by atoms with E-state index in [2.05, 4.69) is 90.1 Å². The summed E-state index contributed by atoms with van der Waals surface area (Å²) in [6.07, 6.45) is 0. The van der Waals surface area contributed by atoms with E-state index in [1.807, 2.05) is 19.9 Å². The third-order valence-electron chi connectivity index (χ3n) is 5.69. The molecule has 0 saturated carbocycles. The number of hydrogen-bond donors (Lipinski definition) is 1. The zero-order chi connectivity index (χ0) is 24.7. The summed E-state index contributed by atoms with van der Waals surface area (Å²) in [6, 6.07) is 22.8. The Hall–Kier alpha value is -3.39. The summed E-state index contributed by atoms with van der Waals surface area (Å²) in [5.74, 6) is -0.864. The summed E-state index contributed by atoms with van der Waals surface area (Å²) >= 11 is 0. The lowest BCUT2D eigenvalue weighted by Gasteiger charge is -2.08. The van der Waals surface area contributed by atoms with Crippen molar-refractivity contribution < 1.29 is 9.90 Å². The SMILES string of the molecule is CC(C)=C(C)C.Cc1cc(C)cc(C(=O)O)c1.Cc1ccc2c(c1)c(C)cc1ccccc12. The lowest BCUT2D eigenvalue weighted by Crippen LogP contribution is -1.96. The van der Waals surface area contributed by atoms with Crippen LogP contribution < -0.4 is 0 Å². The molecule has 0 spiro atoms. The Balaban J connectivity index is 0.000000198. The number of carboxylic acids is 1. The third-order valence-corrected chi connectivity index (χ3v) is 5.69. The quantitative estimate of drug-likeness (QED) is 0.237. The minimum Gasteiger partial charge on any atom is -0.478 e. The second-order valence-electron chi connectivity index (χ2n) is 9.15. The van der Waals surface area contributed by atoms with Gasteiger partial charge in [-0.1, -0.05) is 82.4 Å². The zero-order valence-corrected chi connectivity index (χ0v) is 21.2. The van der Waals surface area contributed by atoms with Gasteiger partial charge in [0.1, 0.15) is 0 Å². The highest BCUT2D eigenvalue weighted by Gasteiger charge is 2.03. The number of aromatic carboxylic acids is 1. The maximum absolute atomic E-state index is 10.5. The van der Waals surface area contributed by atoms with Crippen LogP contribution in [0.4, 0.5) is 0 Å². The fourth-order valence-corrected chi connectivity index (χ4v) is 3.50. The number of allylic oxidation sites excluding steroid dienone is 2. The van der Waals surface area contributed by atoms with E-state index in [1.54, 1.807) is 12.1 Å². The molecule has 0 amide bonds. The van der Waals surface area contributed by atoms with Gasteiger partial charge in [-0.25, -0.2) is 4.79 Å². The molecular formula is C31H36O2. The molecule has 0 atom stereocenters. The molecule has 172 valence electrons. The number of aryl methyl sites for hydroxylation is 4. The smallest absolute Gasteiger partial charge is 0.335 e. The number of rotatable bonds is 1. The normalized spacial score (nSPS) is 10.1. The summed E-state index contributed by atoms with van der Waals surface area (Å²) in [6.45, 7) is 16.6. The summed E-state index contributed by atoms with van der Waals surface area (Å²) in [5, 5.41) is 14.0. The molecule has 0 fully saturated rings. The lowest BCUT2D eigenvalue weighted by atomic mass is 9.97. The predicted molar refractivity (Wildman–Crippen MR) is 144 cm³/mol. The Morgan fingerprint density at radius 2 is 1.18 bits per heavy atom. The van der Waals surface area contributed by atoms with Crippen LogP contribution in [-0.4, -0.2) is 11.1 Å². The largest absolute Gasteiger partial charge is 0.478 e. The third kappa shape index (κ3) is 7.32. The number of carbonyl (C=O) groups is 1. The number of hydrogen-bond acceptors (Lipinski definition) is 1. The summed E-state index contributed by atoms with van der Waals surface area (Å²) < 4.78 is 0. The number of fused-ring (bicyclic) bond motifs is 3. The molecule has 0 aliphatic carbocycles. The van der Waals surface area contributed by atoms with Crippen molar-refractivity contribution >= 4 is 27.5 Å². The van der Waals surface area contributed by atoms with Gasteiger partial charge in [-0.05, 0) is 94.6 Å². The van der Waals surface area contributed by atoms with Crippen molar-refractivity contribution in [3.63, 3.8) is 0 Å². The second kappa shape index (κ2) is 11.5. The first-order chi connectivity index (χ1) is 15.5. The minimum atomic E-state index is -0.864. The van der Waals surface area contributed by atoms with Gasteiger partial charge in [-0.2, -0.15) is 0 Å². The van der Waals surface area contributed by atoms with Gasteiger partial charge >= 0.3 is 5.97 Å². The summed E-state index contributed by atoms with van der Waals surface area (Å²) in [5.41, 5.74) is 7.88. The Bertz CT molecular complexity index is 1270. The van der Waals surface area contributed by atoms with E-state index in [1.165, 1.54) is 43.8 Å². The summed E-state index contributed by atoms with van der Waals surface area (Å²) in [7, 11) is 0.